The van der Waals surface area contributed by atoms with E-state index in [0.29, 0.717) is 22.9 Å². The van der Waals surface area contributed by atoms with Gasteiger partial charge in [-0.3, -0.25) is 4.98 Å². The predicted octanol–water partition coefficient (Wildman–Crippen LogP) is 3.49. The zero-order valence-corrected chi connectivity index (χ0v) is 10.6. The van der Waals surface area contributed by atoms with Crippen LogP contribution in [0.1, 0.15) is 16.7 Å². The largest absolute Gasteiger partial charge is 0.487 e. The van der Waals surface area contributed by atoms with Crippen LogP contribution in [0.25, 0.3) is 0 Å². The molecule has 0 aliphatic carbocycles. The third-order valence-electron chi connectivity index (χ3n) is 2.39. The molecule has 3 nitrogen and oxygen atoms in total. The van der Waals surface area contributed by atoms with Crippen LogP contribution in [-0.2, 0) is 6.61 Å². The molecule has 0 atom stereocenters. The molecule has 0 fully saturated rings. The highest BCUT2D eigenvalue weighted by Crippen LogP contribution is 2.23. The van der Waals surface area contributed by atoms with Crippen molar-refractivity contribution >= 4 is 11.6 Å². The van der Waals surface area contributed by atoms with Crippen molar-refractivity contribution in [2.45, 2.75) is 13.5 Å². The number of hydrogen-bond acceptors (Lipinski definition) is 3. The van der Waals surface area contributed by atoms with Crippen molar-refractivity contribution in [2.24, 2.45) is 0 Å². The van der Waals surface area contributed by atoms with Crippen LogP contribution < -0.4 is 4.74 Å². The molecule has 18 heavy (non-hydrogen) atoms. The first-order chi connectivity index (χ1) is 8.69. The van der Waals surface area contributed by atoms with E-state index in [9.17, 15) is 0 Å². The first kappa shape index (κ1) is 12.4. The van der Waals surface area contributed by atoms with Gasteiger partial charge in [-0.15, -0.1) is 0 Å². The van der Waals surface area contributed by atoms with Crippen molar-refractivity contribution in [2.75, 3.05) is 0 Å². The fraction of sp³-hybridized carbons (Fsp3) is 0.143. The summed E-state index contributed by atoms with van der Waals surface area (Å²) in [7, 11) is 0. The number of hydrogen-bond donors (Lipinski definition) is 0. The number of rotatable bonds is 3. The van der Waals surface area contributed by atoms with E-state index in [4.69, 9.17) is 21.6 Å². The smallest absolute Gasteiger partial charge is 0.139 e. The van der Waals surface area contributed by atoms with E-state index in [0.717, 1.165) is 11.1 Å². The molecule has 0 aliphatic heterocycles. The van der Waals surface area contributed by atoms with Crippen LogP contribution in [0.2, 0.25) is 5.02 Å². The minimum Gasteiger partial charge on any atom is -0.487 e. The van der Waals surface area contributed by atoms with E-state index in [1.807, 2.05) is 13.0 Å². The van der Waals surface area contributed by atoms with Gasteiger partial charge in [0.1, 0.15) is 18.4 Å². The van der Waals surface area contributed by atoms with E-state index in [2.05, 4.69) is 11.1 Å². The number of nitriles is 1. The Hall–Kier alpha value is -2.05. The van der Waals surface area contributed by atoms with Crippen LogP contribution in [-0.4, -0.2) is 4.98 Å². The van der Waals surface area contributed by atoms with Gasteiger partial charge in [0.05, 0.1) is 5.56 Å². The minimum atomic E-state index is 0.365. The summed E-state index contributed by atoms with van der Waals surface area (Å²) in [5.74, 6) is 0.492. The van der Waals surface area contributed by atoms with Crippen molar-refractivity contribution < 1.29 is 4.74 Å². The summed E-state index contributed by atoms with van der Waals surface area (Å²) < 4.78 is 5.60. The minimum absolute atomic E-state index is 0.365. The van der Waals surface area contributed by atoms with Crippen molar-refractivity contribution in [3.8, 4) is 11.8 Å². The monoisotopic (exact) mass is 258 g/mol. The summed E-state index contributed by atoms with van der Waals surface area (Å²) in [5, 5.41) is 9.51. The molecule has 1 heterocycles. The Morgan fingerprint density at radius 1 is 1.33 bits per heavy atom. The number of ether oxygens (including phenoxy) is 1. The van der Waals surface area contributed by atoms with Crippen molar-refractivity contribution in [3.63, 3.8) is 0 Å². The molecule has 0 radical (unpaired) electrons. The number of benzene rings is 1. The lowest BCUT2D eigenvalue weighted by atomic mass is 10.2. The van der Waals surface area contributed by atoms with Crippen LogP contribution >= 0.6 is 11.6 Å². The second-order valence-corrected chi connectivity index (χ2v) is 4.35. The van der Waals surface area contributed by atoms with Crippen LogP contribution in [0.15, 0.2) is 36.7 Å². The molecule has 0 saturated heterocycles. The molecular formula is C14H11ClN2O. The molecule has 0 aliphatic rings. The standard InChI is InChI=1S/C14H11ClN2O/c1-10-4-11(8-17-7-10)9-18-14-5-13(15)3-2-12(14)6-16/h2-5,7-8H,9H2,1H3. The van der Waals surface area contributed by atoms with Crippen molar-refractivity contribution in [1.29, 1.82) is 5.26 Å². The lowest BCUT2D eigenvalue weighted by Gasteiger charge is -2.08. The summed E-state index contributed by atoms with van der Waals surface area (Å²) in [6.45, 7) is 2.33. The van der Waals surface area contributed by atoms with Crippen LogP contribution in [0.4, 0.5) is 0 Å². The summed E-state index contributed by atoms with van der Waals surface area (Å²) in [4.78, 5) is 4.09. The summed E-state index contributed by atoms with van der Waals surface area (Å²) in [6.07, 6.45) is 3.52. The molecule has 0 amide bonds. The van der Waals surface area contributed by atoms with Gasteiger partial charge in [0.2, 0.25) is 0 Å². The first-order valence-electron chi connectivity index (χ1n) is 5.42. The maximum absolute atomic E-state index is 8.97. The molecule has 0 saturated carbocycles. The Labute approximate surface area is 111 Å². The molecule has 0 spiro atoms. The Bertz CT molecular complexity index is 605. The van der Waals surface area contributed by atoms with E-state index in [1.165, 1.54) is 0 Å². The van der Waals surface area contributed by atoms with Crippen molar-refractivity contribution in [3.05, 3.63) is 58.4 Å². The Kier molecular flexibility index (Phi) is 3.81. The van der Waals surface area contributed by atoms with E-state index in [1.54, 1.807) is 30.6 Å². The van der Waals surface area contributed by atoms with Gasteiger partial charge < -0.3 is 4.74 Å². The zero-order valence-electron chi connectivity index (χ0n) is 9.85. The molecule has 0 unspecified atom stereocenters. The van der Waals surface area contributed by atoms with Gasteiger partial charge in [-0.05, 0) is 30.7 Å². The fourth-order valence-electron chi connectivity index (χ4n) is 1.57. The van der Waals surface area contributed by atoms with Crippen LogP contribution in [0.3, 0.4) is 0 Å². The normalized spacial score (nSPS) is 9.83. The van der Waals surface area contributed by atoms with Gasteiger partial charge in [-0.2, -0.15) is 5.26 Å². The Morgan fingerprint density at radius 2 is 2.17 bits per heavy atom. The van der Waals surface area contributed by atoms with Gasteiger partial charge >= 0.3 is 0 Å². The van der Waals surface area contributed by atoms with Gasteiger partial charge in [0.25, 0.3) is 0 Å². The molecular weight excluding hydrogens is 248 g/mol. The van der Waals surface area contributed by atoms with Gasteiger partial charge in [-0.1, -0.05) is 11.6 Å². The average molecular weight is 259 g/mol. The SMILES string of the molecule is Cc1cncc(COc2cc(Cl)ccc2C#N)c1. The fourth-order valence-corrected chi connectivity index (χ4v) is 1.73. The highest BCUT2D eigenvalue weighted by Gasteiger charge is 2.04. The predicted molar refractivity (Wildman–Crippen MR) is 69.5 cm³/mol. The quantitative estimate of drug-likeness (QED) is 0.847. The van der Waals surface area contributed by atoms with E-state index >= 15 is 0 Å². The highest BCUT2D eigenvalue weighted by molar-refractivity contribution is 6.30. The lowest BCUT2D eigenvalue weighted by Crippen LogP contribution is -1.98. The molecule has 4 heteroatoms. The third-order valence-corrected chi connectivity index (χ3v) is 2.63. The number of nitrogens with zero attached hydrogens (tertiary/aromatic N) is 2. The van der Waals surface area contributed by atoms with Crippen LogP contribution in [0, 0.1) is 18.3 Å². The average Bonchev–Trinajstić information content (AvgIpc) is 2.37. The number of aromatic nitrogens is 1. The second-order valence-electron chi connectivity index (χ2n) is 3.91. The molecule has 2 rings (SSSR count). The molecule has 1 aromatic carbocycles. The topological polar surface area (TPSA) is 45.9 Å². The Morgan fingerprint density at radius 3 is 2.89 bits per heavy atom. The number of pyridine rings is 1. The zero-order chi connectivity index (χ0) is 13.0. The van der Waals surface area contributed by atoms with Crippen LogP contribution in [0.5, 0.6) is 5.75 Å². The number of aryl methyl sites for hydroxylation is 1. The Balaban J connectivity index is 2.15. The van der Waals surface area contributed by atoms with Gasteiger partial charge in [-0.25, -0.2) is 0 Å². The third kappa shape index (κ3) is 2.99. The molecule has 2 aromatic rings. The maximum Gasteiger partial charge on any atom is 0.139 e. The summed E-state index contributed by atoms with van der Waals surface area (Å²) >= 11 is 5.88. The van der Waals surface area contributed by atoms with E-state index in [-0.39, 0.29) is 0 Å². The molecule has 90 valence electrons. The number of halogens is 1. The molecule has 0 bridgehead atoms. The molecule has 1 aromatic heterocycles. The van der Waals surface area contributed by atoms with Gasteiger partial charge in [0.15, 0.2) is 0 Å². The second kappa shape index (κ2) is 5.52. The highest BCUT2D eigenvalue weighted by atomic mass is 35.5. The lowest BCUT2D eigenvalue weighted by molar-refractivity contribution is 0.305. The first-order valence-corrected chi connectivity index (χ1v) is 5.80. The summed E-state index contributed by atoms with van der Waals surface area (Å²) in [5.41, 5.74) is 2.50. The van der Waals surface area contributed by atoms with Crippen molar-refractivity contribution in [1.82, 2.24) is 4.98 Å². The molecule has 0 N–H and O–H groups in total. The van der Waals surface area contributed by atoms with Gasteiger partial charge in [0, 0.05) is 29.0 Å². The maximum atomic E-state index is 8.97. The van der Waals surface area contributed by atoms with E-state index < -0.39 is 0 Å². The summed E-state index contributed by atoms with van der Waals surface area (Å²) in [6, 6.07) is 9.02.